The number of nitrogens with zero attached hydrogens (tertiary/aromatic N) is 1. The molecule has 0 atom stereocenters. The number of ether oxygens (including phenoxy) is 1. The molecule has 10 heteroatoms. The molecule has 0 amide bonds. The van der Waals surface area contributed by atoms with E-state index in [1.807, 2.05) is 0 Å². The minimum Gasteiger partial charge on any atom is -0.481 e. The average Bonchev–Trinajstić information content (AvgIpc) is 2.25. The Kier molecular flexibility index (Phi) is 5.26. The number of aromatic nitrogens is 1. The third kappa shape index (κ3) is 4.58. The fourth-order valence-corrected chi connectivity index (χ4v) is 1.95. The Morgan fingerprint density at radius 3 is 2.45 bits per heavy atom. The van der Waals surface area contributed by atoms with Crippen LogP contribution in [0.1, 0.15) is 23.2 Å². The third-order valence-electron chi connectivity index (χ3n) is 2.09. The molecule has 0 spiro atoms. The van der Waals surface area contributed by atoms with Gasteiger partial charge in [-0.15, -0.1) is 13.2 Å². The quantitative estimate of drug-likeness (QED) is 0.643. The van der Waals surface area contributed by atoms with E-state index in [-0.39, 0.29) is 5.33 Å². The Hall–Kier alpha value is -1.45. The lowest BCUT2D eigenvalue weighted by molar-refractivity contribution is -0.276. The van der Waals surface area contributed by atoms with Crippen LogP contribution in [0.3, 0.4) is 0 Å². The molecular formula is C10H7BrF5NO3. The Balaban J connectivity index is 3.36. The number of carboxylic acid groups (broad SMARTS) is 1. The van der Waals surface area contributed by atoms with Crippen molar-refractivity contribution < 1.29 is 36.6 Å². The lowest BCUT2D eigenvalue weighted by Gasteiger charge is -2.15. The molecule has 20 heavy (non-hydrogen) atoms. The number of carboxylic acids is 1. The van der Waals surface area contributed by atoms with E-state index in [9.17, 15) is 26.7 Å². The van der Waals surface area contributed by atoms with Crippen molar-refractivity contribution in [3.8, 4) is 5.88 Å². The van der Waals surface area contributed by atoms with Crippen LogP contribution in [-0.4, -0.2) is 22.4 Å². The summed E-state index contributed by atoms with van der Waals surface area (Å²) in [4.78, 5) is 13.8. The molecular weight excluding hydrogens is 357 g/mol. The van der Waals surface area contributed by atoms with Gasteiger partial charge in [0, 0.05) is 16.5 Å². The fourth-order valence-electron chi connectivity index (χ4n) is 1.39. The zero-order chi connectivity index (χ0) is 15.5. The Morgan fingerprint density at radius 2 is 2.05 bits per heavy atom. The van der Waals surface area contributed by atoms with Gasteiger partial charge in [-0.1, -0.05) is 15.9 Å². The first-order chi connectivity index (χ1) is 9.14. The van der Waals surface area contributed by atoms with Gasteiger partial charge in [-0.2, -0.15) is 0 Å². The van der Waals surface area contributed by atoms with E-state index in [1.165, 1.54) is 0 Å². The third-order valence-corrected chi connectivity index (χ3v) is 2.65. The summed E-state index contributed by atoms with van der Waals surface area (Å²) in [7, 11) is 0. The van der Waals surface area contributed by atoms with Gasteiger partial charge in [0.05, 0.1) is 12.1 Å². The maximum absolute atomic E-state index is 12.8. The molecule has 1 aromatic rings. The van der Waals surface area contributed by atoms with Crippen LogP contribution in [-0.2, 0) is 16.5 Å². The van der Waals surface area contributed by atoms with Crippen LogP contribution in [0.4, 0.5) is 22.0 Å². The number of halogens is 6. The van der Waals surface area contributed by atoms with Crippen molar-refractivity contribution >= 4 is 21.9 Å². The molecule has 1 heterocycles. The van der Waals surface area contributed by atoms with Gasteiger partial charge in [0.25, 0.3) is 6.43 Å². The number of alkyl halides is 6. The monoisotopic (exact) mass is 363 g/mol. The molecule has 0 fully saturated rings. The largest absolute Gasteiger partial charge is 0.574 e. The van der Waals surface area contributed by atoms with Gasteiger partial charge in [0.1, 0.15) is 0 Å². The summed E-state index contributed by atoms with van der Waals surface area (Å²) in [6.45, 7) is 0. The Labute approximate surface area is 117 Å². The number of hydrogen-bond donors (Lipinski definition) is 1. The summed E-state index contributed by atoms with van der Waals surface area (Å²) in [5, 5.41) is 8.20. The summed E-state index contributed by atoms with van der Waals surface area (Å²) < 4.78 is 65.8. The number of pyridine rings is 1. The molecule has 1 rings (SSSR count). The SMILES string of the molecule is O=C(O)Cc1cc(C(F)F)c(CBr)c(OC(F)(F)F)n1. The molecule has 0 aliphatic carbocycles. The summed E-state index contributed by atoms with van der Waals surface area (Å²) in [5.41, 5.74) is -1.68. The zero-order valence-corrected chi connectivity index (χ0v) is 11.1. The maximum atomic E-state index is 12.8. The van der Waals surface area contributed by atoms with Gasteiger partial charge >= 0.3 is 12.3 Å². The van der Waals surface area contributed by atoms with E-state index in [1.54, 1.807) is 0 Å². The maximum Gasteiger partial charge on any atom is 0.574 e. The normalized spacial score (nSPS) is 11.8. The van der Waals surface area contributed by atoms with Crippen molar-refractivity contribution in [3.05, 3.63) is 22.9 Å². The fraction of sp³-hybridized carbons (Fsp3) is 0.400. The zero-order valence-electron chi connectivity index (χ0n) is 9.55. The molecule has 0 aliphatic rings. The predicted molar refractivity (Wildman–Crippen MR) is 59.8 cm³/mol. The van der Waals surface area contributed by atoms with Crippen molar-refractivity contribution in [2.24, 2.45) is 0 Å². The van der Waals surface area contributed by atoms with Crippen molar-refractivity contribution in [2.45, 2.75) is 24.5 Å². The number of carbonyl (C=O) groups is 1. The number of aliphatic carboxylic acids is 1. The molecule has 1 aromatic heterocycles. The standard InChI is InChI=1S/C10H7BrF5NO3/c11-3-6-5(8(12)13)1-4(2-7(18)19)17-9(6)20-10(14,15)16/h1,8H,2-3H2,(H,18,19). The molecule has 0 aromatic carbocycles. The summed E-state index contributed by atoms with van der Waals surface area (Å²) in [6.07, 6.45) is -9.00. The second-order valence-corrected chi connectivity index (χ2v) is 4.10. The van der Waals surface area contributed by atoms with E-state index in [2.05, 4.69) is 25.7 Å². The van der Waals surface area contributed by atoms with Crippen LogP contribution < -0.4 is 4.74 Å². The second kappa shape index (κ2) is 6.33. The first-order valence-corrected chi connectivity index (χ1v) is 6.10. The topological polar surface area (TPSA) is 59.4 Å². The highest BCUT2D eigenvalue weighted by Crippen LogP contribution is 2.34. The number of rotatable bonds is 5. The summed E-state index contributed by atoms with van der Waals surface area (Å²) >= 11 is 2.77. The molecule has 0 unspecified atom stereocenters. The van der Waals surface area contributed by atoms with E-state index in [4.69, 9.17) is 5.11 Å². The van der Waals surface area contributed by atoms with E-state index >= 15 is 0 Å². The Morgan fingerprint density at radius 1 is 1.45 bits per heavy atom. The van der Waals surface area contributed by atoms with Gasteiger partial charge in [-0.25, -0.2) is 13.8 Å². The predicted octanol–water partition coefficient (Wildman–Crippen LogP) is 3.44. The van der Waals surface area contributed by atoms with Crippen LogP contribution in [0.15, 0.2) is 6.07 Å². The van der Waals surface area contributed by atoms with Gasteiger partial charge in [-0.05, 0) is 6.07 Å². The molecule has 0 aliphatic heterocycles. The first-order valence-electron chi connectivity index (χ1n) is 4.98. The Bertz CT molecular complexity index is 506. The van der Waals surface area contributed by atoms with Crippen molar-refractivity contribution in [2.75, 3.05) is 0 Å². The molecule has 112 valence electrons. The number of hydrogen-bond acceptors (Lipinski definition) is 3. The van der Waals surface area contributed by atoms with Crippen LogP contribution in [0.5, 0.6) is 5.88 Å². The van der Waals surface area contributed by atoms with E-state index < -0.39 is 47.9 Å². The molecule has 4 nitrogen and oxygen atoms in total. The smallest absolute Gasteiger partial charge is 0.481 e. The van der Waals surface area contributed by atoms with Crippen LogP contribution in [0.25, 0.3) is 0 Å². The van der Waals surface area contributed by atoms with Crippen LogP contribution >= 0.6 is 15.9 Å². The minimum atomic E-state index is -5.12. The van der Waals surface area contributed by atoms with Crippen LogP contribution in [0, 0.1) is 0 Å². The lowest BCUT2D eigenvalue weighted by Crippen LogP contribution is -2.20. The van der Waals surface area contributed by atoms with Crippen molar-refractivity contribution in [3.63, 3.8) is 0 Å². The summed E-state index contributed by atoms with van der Waals surface area (Å²) in [5.74, 6) is -2.49. The molecule has 0 radical (unpaired) electrons. The first kappa shape index (κ1) is 16.6. The highest BCUT2D eigenvalue weighted by Gasteiger charge is 2.34. The van der Waals surface area contributed by atoms with Gasteiger partial charge < -0.3 is 9.84 Å². The molecule has 0 bridgehead atoms. The summed E-state index contributed by atoms with van der Waals surface area (Å²) in [6, 6.07) is 0.749. The lowest BCUT2D eigenvalue weighted by atomic mass is 10.1. The van der Waals surface area contributed by atoms with Crippen molar-refractivity contribution in [1.29, 1.82) is 0 Å². The average molecular weight is 364 g/mol. The van der Waals surface area contributed by atoms with E-state index in [0.717, 1.165) is 6.07 Å². The highest BCUT2D eigenvalue weighted by atomic mass is 79.9. The highest BCUT2D eigenvalue weighted by molar-refractivity contribution is 9.08. The molecule has 1 N–H and O–H groups in total. The van der Waals surface area contributed by atoms with Gasteiger partial charge in [-0.3, -0.25) is 4.79 Å². The minimum absolute atomic E-state index is 0.349. The molecule has 0 saturated heterocycles. The van der Waals surface area contributed by atoms with Gasteiger partial charge in [0.2, 0.25) is 5.88 Å². The van der Waals surface area contributed by atoms with Crippen molar-refractivity contribution in [1.82, 2.24) is 4.98 Å². The molecule has 0 saturated carbocycles. The van der Waals surface area contributed by atoms with Crippen LogP contribution in [0.2, 0.25) is 0 Å². The van der Waals surface area contributed by atoms with E-state index in [0.29, 0.717) is 0 Å². The van der Waals surface area contributed by atoms with Gasteiger partial charge in [0.15, 0.2) is 0 Å². The second-order valence-electron chi connectivity index (χ2n) is 3.54.